The smallest absolute Gasteiger partial charge is 0.234 e. The SMILES string of the molecule is Cc1ccc(-c2nc3ncccn3c2C=O)c(C)c1. The number of carbonyl (C=O) groups excluding carboxylic acids is 1. The van der Waals surface area contributed by atoms with Gasteiger partial charge in [0, 0.05) is 18.0 Å². The highest BCUT2D eigenvalue weighted by molar-refractivity contribution is 5.86. The zero-order valence-corrected chi connectivity index (χ0v) is 10.8. The Labute approximate surface area is 110 Å². The summed E-state index contributed by atoms with van der Waals surface area (Å²) in [6.45, 7) is 4.07. The van der Waals surface area contributed by atoms with Gasteiger partial charge in [-0.3, -0.25) is 9.20 Å². The maximum absolute atomic E-state index is 11.4. The van der Waals surface area contributed by atoms with Crippen LogP contribution in [0.2, 0.25) is 0 Å². The Kier molecular flexibility index (Phi) is 2.63. The molecule has 19 heavy (non-hydrogen) atoms. The van der Waals surface area contributed by atoms with E-state index in [0.29, 0.717) is 17.2 Å². The summed E-state index contributed by atoms with van der Waals surface area (Å²) in [6, 6.07) is 7.89. The van der Waals surface area contributed by atoms with Crippen LogP contribution in [0.25, 0.3) is 17.0 Å². The number of aldehydes is 1. The van der Waals surface area contributed by atoms with Crippen LogP contribution in [-0.2, 0) is 0 Å². The summed E-state index contributed by atoms with van der Waals surface area (Å²) in [7, 11) is 0. The zero-order chi connectivity index (χ0) is 13.4. The highest BCUT2D eigenvalue weighted by atomic mass is 16.1. The van der Waals surface area contributed by atoms with Gasteiger partial charge >= 0.3 is 0 Å². The monoisotopic (exact) mass is 251 g/mol. The molecule has 0 radical (unpaired) electrons. The number of hydrogen-bond acceptors (Lipinski definition) is 3. The Morgan fingerprint density at radius 2 is 2.11 bits per heavy atom. The largest absolute Gasteiger partial charge is 0.296 e. The fourth-order valence-electron chi connectivity index (χ4n) is 2.30. The van der Waals surface area contributed by atoms with Crippen LogP contribution in [0, 0.1) is 13.8 Å². The van der Waals surface area contributed by atoms with Crippen molar-refractivity contribution in [3.8, 4) is 11.3 Å². The minimum Gasteiger partial charge on any atom is -0.296 e. The van der Waals surface area contributed by atoms with Crippen LogP contribution in [-0.4, -0.2) is 20.7 Å². The van der Waals surface area contributed by atoms with Crippen LogP contribution >= 0.6 is 0 Å². The van der Waals surface area contributed by atoms with Crippen molar-refractivity contribution in [3.05, 3.63) is 53.5 Å². The van der Waals surface area contributed by atoms with Crippen LogP contribution in [0.15, 0.2) is 36.7 Å². The minimum absolute atomic E-state index is 0.537. The molecule has 0 fully saturated rings. The Morgan fingerprint density at radius 3 is 2.84 bits per heavy atom. The van der Waals surface area contributed by atoms with E-state index in [2.05, 4.69) is 16.0 Å². The van der Waals surface area contributed by atoms with Crippen molar-refractivity contribution in [2.75, 3.05) is 0 Å². The van der Waals surface area contributed by atoms with E-state index < -0.39 is 0 Å². The van der Waals surface area contributed by atoms with Crippen LogP contribution in [0.3, 0.4) is 0 Å². The minimum atomic E-state index is 0.537. The number of hydrogen-bond donors (Lipinski definition) is 0. The van der Waals surface area contributed by atoms with Crippen molar-refractivity contribution in [2.24, 2.45) is 0 Å². The van der Waals surface area contributed by atoms with Crippen LogP contribution in [0.1, 0.15) is 21.6 Å². The molecule has 0 atom stereocenters. The average Bonchev–Trinajstić information content (AvgIpc) is 2.76. The molecule has 2 aromatic heterocycles. The van der Waals surface area contributed by atoms with Crippen molar-refractivity contribution < 1.29 is 4.79 Å². The fourth-order valence-corrected chi connectivity index (χ4v) is 2.30. The molecule has 0 aliphatic heterocycles. The van der Waals surface area contributed by atoms with E-state index in [1.807, 2.05) is 26.0 Å². The number of aromatic nitrogens is 3. The lowest BCUT2D eigenvalue weighted by Gasteiger charge is -2.04. The molecule has 4 nitrogen and oxygen atoms in total. The van der Waals surface area contributed by atoms with Crippen molar-refractivity contribution in [3.63, 3.8) is 0 Å². The molecule has 0 aliphatic carbocycles. The molecule has 0 N–H and O–H groups in total. The summed E-state index contributed by atoms with van der Waals surface area (Å²) in [6.07, 6.45) is 4.30. The molecule has 0 saturated carbocycles. The maximum Gasteiger partial charge on any atom is 0.234 e. The predicted octanol–water partition coefficient (Wildman–Crippen LogP) is 2.83. The molecule has 0 bridgehead atoms. The number of aryl methyl sites for hydroxylation is 2. The number of imidazole rings is 1. The van der Waals surface area contributed by atoms with Gasteiger partial charge in [-0.05, 0) is 25.5 Å². The lowest BCUT2D eigenvalue weighted by atomic mass is 10.0. The van der Waals surface area contributed by atoms with E-state index in [-0.39, 0.29) is 0 Å². The quantitative estimate of drug-likeness (QED) is 0.658. The summed E-state index contributed by atoms with van der Waals surface area (Å²) >= 11 is 0. The number of nitrogens with zero attached hydrogens (tertiary/aromatic N) is 3. The molecule has 4 heteroatoms. The summed E-state index contributed by atoms with van der Waals surface area (Å²) in [5, 5.41) is 0. The maximum atomic E-state index is 11.4. The van der Waals surface area contributed by atoms with E-state index >= 15 is 0 Å². The molecule has 0 saturated heterocycles. The first-order chi connectivity index (χ1) is 9.20. The molecule has 0 spiro atoms. The lowest BCUT2D eigenvalue weighted by molar-refractivity contribution is 0.111. The molecule has 0 aliphatic rings. The van der Waals surface area contributed by atoms with E-state index in [1.165, 1.54) is 5.56 Å². The summed E-state index contributed by atoms with van der Waals surface area (Å²) in [5.41, 5.74) is 4.49. The zero-order valence-electron chi connectivity index (χ0n) is 10.8. The third-order valence-electron chi connectivity index (χ3n) is 3.19. The molecule has 2 heterocycles. The highest BCUT2D eigenvalue weighted by Gasteiger charge is 2.15. The second kappa shape index (κ2) is 4.31. The van der Waals surface area contributed by atoms with Gasteiger partial charge in [0.25, 0.3) is 0 Å². The van der Waals surface area contributed by atoms with Gasteiger partial charge in [0.2, 0.25) is 5.78 Å². The summed E-state index contributed by atoms with van der Waals surface area (Å²) in [5.74, 6) is 0.541. The van der Waals surface area contributed by atoms with E-state index in [1.54, 1.807) is 22.9 Å². The Hall–Kier alpha value is -2.49. The predicted molar refractivity (Wildman–Crippen MR) is 73.3 cm³/mol. The number of fused-ring (bicyclic) bond motifs is 1. The first kappa shape index (κ1) is 11.6. The van der Waals surface area contributed by atoms with E-state index in [9.17, 15) is 4.79 Å². The topological polar surface area (TPSA) is 47.3 Å². The molecular formula is C15H13N3O. The Morgan fingerprint density at radius 1 is 1.26 bits per heavy atom. The highest BCUT2D eigenvalue weighted by Crippen LogP contribution is 2.26. The molecule has 0 unspecified atom stereocenters. The molecule has 3 aromatic rings. The van der Waals surface area contributed by atoms with Crippen LogP contribution < -0.4 is 0 Å². The second-order valence-corrected chi connectivity index (χ2v) is 4.57. The van der Waals surface area contributed by atoms with Crippen molar-refractivity contribution in [2.45, 2.75) is 13.8 Å². The van der Waals surface area contributed by atoms with Gasteiger partial charge in [-0.2, -0.15) is 0 Å². The van der Waals surface area contributed by atoms with Crippen LogP contribution in [0.4, 0.5) is 0 Å². The van der Waals surface area contributed by atoms with Gasteiger partial charge in [-0.15, -0.1) is 0 Å². The first-order valence-corrected chi connectivity index (χ1v) is 6.06. The number of rotatable bonds is 2. The first-order valence-electron chi connectivity index (χ1n) is 6.06. The molecule has 0 amide bonds. The molecular weight excluding hydrogens is 238 g/mol. The third kappa shape index (κ3) is 1.81. The van der Waals surface area contributed by atoms with Gasteiger partial charge in [0.15, 0.2) is 6.29 Å². The van der Waals surface area contributed by atoms with Gasteiger partial charge in [0.1, 0.15) is 11.4 Å². The van der Waals surface area contributed by atoms with Gasteiger partial charge in [-0.1, -0.05) is 23.8 Å². The van der Waals surface area contributed by atoms with Gasteiger partial charge < -0.3 is 0 Å². The Balaban J connectivity index is 2.33. The molecule has 94 valence electrons. The lowest BCUT2D eigenvalue weighted by Crippen LogP contribution is -1.93. The van der Waals surface area contributed by atoms with Crippen molar-refractivity contribution >= 4 is 12.1 Å². The van der Waals surface area contributed by atoms with Crippen molar-refractivity contribution in [1.82, 2.24) is 14.4 Å². The van der Waals surface area contributed by atoms with E-state index in [0.717, 1.165) is 17.4 Å². The standard InChI is InChI=1S/C15H13N3O/c1-10-4-5-12(11(2)8-10)14-13(9-19)18-7-3-6-16-15(18)17-14/h3-9H,1-2H3. The van der Waals surface area contributed by atoms with Crippen LogP contribution in [0.5, 0.6) is 0 Å². The fraction of sp³-hybridized carbons (Fsp3) is 0.133. The molecule has 3 rings (SSSR count). The number of benzene rings is 1. The van der Waals surface area contributed by atoms with E-state index in [4.69, 9.17) is 0 Å². The Bertz CT molecular complexity index is 774. The summed E-state index contributed by atoms with van der Waals surface area (Å²) < 4.78 is 1.71. The third-order valence-corrected chi connectivity index (χ3v) is 3.19. The van der Waals surface area contributed by atoms with Gasteiger partial charge in [-0.25, -0.2) is 9.97 Å². The van der Waals surface area contributed by atoms with Crippen molar-refractivity contribution in [1.29, 1.82) is 0 Å². The normalized spacial score (nSPS) is 10.8. The molecule has 1 aromatic carbocycles. The average molecular weight is 251 g/mol. The summed E-state index contributed by atoms with van der Waals surface area (Å²) in [4.78, 5) is 20.0. The number of carbonyl (C=O) groups is 1. The van der Waals surface area contributed by atoms with Gasteiger partial charge in [0.05, 0.1) is 0 Å². The second-order valence-electron chi connectivity index (χ2n) is 4.57.